The van der Waals surface area contributed by atoms with E-state index in [4.69, 9.17) is 0 Å². The summed E-state index contributed by atoms with van der Waals surface area (Å²) >= 11 is 0. The zero-order chi connectivity index (χ0) is 9.80. The minimum atomic E-state index is 0. The lowest BCUT2D eigenvalue weighted by Gasteiger charge is -1.95. The van der Waals surface area contributed by atoms with Crippen LogP contribution in [0.15, 0.2) is 36.7 Å². The normalized spacial score (nSPS) is 9.93. The van der Waals surface area contributed by atoms with Gasteiger partial charge in [0.2, 0.25) is 6.20 Å². The summed E-state index contributed by atoms with van der Waals surface area (Å²) < 4.78 is 2.02. The summed E-state index contributed by atoms with van der Waals surface area (Å²) in [6, 6.07) is 8.32. The fraction of sp³-hybridized carbons (Fsp3) is 0.333. The summed E-state index contributed by atoms with van der Waals surface area (Å²) in [5.74, 6) is 0. The Hall–Kier alpha value is -0.960. The first-order chi connectivity index (χ1) is 6.90. The van der Waals surface area contributed by atoms with Crippen molar-refractivity contribution in [2.45, 2.75) is 26.3 Å². The number of aryl methyl sites for hydroxylation is 1. The Morgan fingerprint density at radius 1 is 1.20 bits per heavy atom. The Morgan fingerprint density at radius 3 is 2.67 bits per heavy atom. The van der Waals surface area contributed by atoms with Crippen LogP contribution in [0.2, 0.25) is 0 Å². The van der Waals surface area contributed by atoms with Gasteiger partial charge in [0.1, 0.15) is 6.20 Å². The maximum Gasteiger partial charge on any atom is 0.204 e. The standard InChI is InChI=1S/C12H15N2.BrH/c1-2-3-8-14-10-12-7-5-4-6-11(12)9-13-14;/h4-7,9-10H,2-3,8H2,1H3;1H/q+1;/p-1. The third-order valence-electron chi connectivity index (χ3n) is 2.37. The number of fused-ring (bicyclic) bond motifs is 1. The number of hydrogen-bond donors (Lipinski definition) is 0. The van der Waals surface area contributed by atoms with Crippen LogP contribution in [0.5, 0.6) is 0 Å². The molecule has 0 spiro atoms. The first-order valence-electron chi connectivity index (χ1n) is 5.14. The highest BCUT2D eigenvalue weighted by atomic mass is 79.9. The Balaban J connectivity index is 0.00000112. The molecule has 80 valence electrons. The second kappa shape index (κ2) is 5.81. The molecule has 0 N–H and O–H groups in total. The average Bonchev–Trinajstić information content (AvgIpc) is 2.26. The van der Waals surface area contributed by atoms with Gasteiger partial charge >= 0.3 is 0 Å². The average molecular weight is 267 g/mol. The topological polar surface area (TPSA) is 16.8 Å². The van der Waals surface area contributed by atoms with Crippen molar-refractivity contribution in [3.8, 4) is 0 Å². The number of rotatable bonds is 3. The van der Waals surface area contributed by atoms with Gasteiger partial charge in [0.15, 0.2) is 6.54 Å². The summed E-state index contributed by atoms with van der Waals surface area (Å²) in [6.45, 7) is 3.21. The van der Waals surface area contributed by atoms with Gasteiger partial charge in [-0.3, -0.25) is 0 Å². The number of unbranched alkanes of at least 4 members (excludes halogenated alkanes) is 1. The molecule has 0 amide bonds. The predicted octanol–water partition coefficient (Wildman–Crippen LogP) is -0.674. The first-order valence-corrected chi connectivity index (χ1v) is 5.14. The van der Waals surface area contributed by atoms with Crippen molar-refractivity contribution < 1.29 is 21.7 Å². The lowest BCUT2D eigenvalue weighted by Crippen LogP contribution is -3.00. The fourth-order valence-corrected chi connectivity index (χ4v) is 1.52. The van der Waals surface area contributed by atoms with Crippen LogP contribution in [0.1, 0.15) is 19.8 Å². The number of halogens is 1. The molecule has 0 aliphatic heterocycles. The second-order valence-corrected chi connectivity index (χ2v) is 3.52. The predicted molar refractivity (Wildman–Crippen MR) is 56.8 cm³/mol. The minimum absolute atomic E-state index is 0. The molecule has 1 aromatic carbocycles. The van der Waals surface area contributed by atoms with Crippen molar-refractivity contribution in [3.63, 3.8) is 0 Å². The van der Waals surface area contributed by atoms with E-state index < -0.39 is 0 Å². The van der Waals surface area contributed by atoms with Gasteiger partial charge in [0.05, 0.1) is 0 Å². The minimum Gasteiger partial charge on any atom is -1.00 e. The third-order valence-corrected chi connectivity index (χ3v) is 2.37. The van der Waals surface area contributed by atoms with Crippen LogP contribution in [0.4, 0.5) is 0 Å². The molecule has 1 aromatic heterocycles. The maximum atomic E-state index is 4.36. The molecular weight excluding hydrogens is 252 g/mol. The van der Waals surface area contributed by atoms with Crippen LogP contribution >= 0.6 is 0 Å². The number of aromatic nitrogens is 2. The molecule has 2 nitrogen and oxygen atoms in total. The summed E-state index contributed by atoms with van der Waals surface area (Å²) in [6.07, 6.45) is 6.45. The highest BCUT2D eigenvalue weighted by Crippen LogP contribution is 2.08. The monoisotopic (exact) mass is 266 g/mol. The van der Waals surface area contributed by atoms with E-state index in [0.717, 1.165) is 6.54 Å². The highest BCUT2D eigenvalue weighted by Gasteiger charge is 2.02. The maximum absolute atomic E-state index is 4.36. The van der Waals surface area contributed by atoms with E-state index in [-0.39, 0.29) is 17.0 Å². The smallest absolute Gasteiger partial charge is 0.204 e. The lowest BCUT2D eigenvalue weighted by molar-refractivity contribution is -0.752. The van der Waals surface area contributed by atoms with Crippen LogP contribution in [-0.4, -0.2) is 5.10 Å². The van der Waals surface area contributed by atoms with E-state index in [1.807, 2.05) is 16.9 Å². The molecule has 0 aliphatic carbocycles. The van der Waals surface area contributed by atoms with Gasteiger partial charge in [-0.2, -0.15) is 0 Å². The van der Waals surface area contributed by atoms with Gasteiger partial charge in [-0.05, 0) is 11.2 Å². The number of nitrogens with zero attached hydrogens (tertiary/aromatic N) is 2. The molecule has 0 saturated heterocycles. The van der Waals surface area contributed by atoms with Crippen LogP contribution in [0, 0.1) is 0 Å². The number of hydrogen-bond acceptors (Lipinski definition) is 1. The molecule has 1 heterocycles. The van der Waals surface area contributed by atoms with Gasteiger partial charge in [-0.25, -0.2) is 0 Å². The van der Waals surface area contributed by atoms with Crippen molar-refractivity contribution >= 4 is 10.8 Å². The SMILES string of the molecule is CCCC[n+]1cc2ccccc2cn1.[Br-]. The quantitative estimate of drug-likeness (QED) is 0.674. The molecule has 0 fully saturated rings. The van der Waals surface area contributed by atoms with Crippen LogP contribution in [-0.2, 0) is 6.54 Å². The molecule has 15 heavy (non-hydrogen) atoms. The molecule has 2 aromatic rings. The molecule has 0 bridgehead atoms. The van der Waals surface area contributed by atoms with E-state index in [0.29, 0.717) is 0 Å². The van der Waals surface area contributed by atoms with E-state index >= 15 is 0 Å². The van der Waals surface area contributed by atoms with Crippen molar-refractivity contribution in [2.24, 2.45) is 0 Å². The summed E-state index contributed by atoms with van der Waals surface area (Å²) in [4.78, 5) is 0. The zero-order valence-corrected chi connectivity index (χ0v) is 10.4. The van der Waals surface area contributed by atoms with Crippen LogP contribution in [0.3, 0.4) is 0 Å². The van der Waals surface area contributed by atoms with E-state index in [1.165, 1.54) is 23.6 Å². The van der Waals surface area contributed by atoms with Gasteiger partial charge < -0.3 is 17.0 Å². The Labute approximate surface area is 101 Å². The Kier molecular flexibility index (Phi) is 4.69. The summed E-state index contributed by atoms with van der Waals surface area (Å²) in [5.41, 5.74) is 0. The Bertz CT molecular complexity index is 429. The van der Waals surface area contributed by atoms with Gasteiger partial charge in [0, 0.05) is 17.2 Å². The zero-order valence-electron chi connectivity index (χ0n) is 8.86. The summed E-state index contributed by atoms with van der Waals surface area (Å²) in [5, 5.41) is 6.83. The van der Waals surface area contributed by atoms with Gasteiger partial charge in [-0.15, -0.1) is 0 Å². The third kappa shape index (κ3) is 2.99. The first kappa shape index (κ1) is 12.1. The molecule has 0 unspecified atom stereocenters. The number of benzene rings is 1. The van der Waals surface area contributed by atoms with E-state index in [9.17, 15) is 0 Å². The molecule has 3 heteroatoms. The van der Waals surface area contributed by atoms with Gasteiger partial charge in [-0.1, -0.05) is 36.2 Å². The van der Waals surface area contributed by atoms with Crippen molar-refractivity contribution in [3.05, 3.63) is 36.7 Å². The van der Waals surface area contributed by atoms with E-state index in [2.05, 4.69) is 36.4 Å². The van der Waals surface area contributed by atoms with Crippen molar-refractivity contribution in [2.75, 3.05) is 0 Å². The fourth-order valence-electron chi connectivity index (χ4n) is 1.52. The van der Waals surface area contributed by atoms with E-state index in [1.54, 1.807) is 0 Å². The molecular formula is C12H15BrN2. The molecule has 0 radical (unpaired) electrons. The second-order valence-electron chi connectivity index (χ2n) is 3.52. The Morgan fingerprint density at radius 2 is 1.93 bits per heavy atom. The van der Waals surface area contributed by atoms with Crippen molar-refractivity contribution in [1.29, 1.82) is 0 Å². The van der Waals surface area contributed by atoms with Crippen LogP contribution in [0.25, 0.3) is 10.8 Å². The molecule has 0 aliphatic rings. The lowest BCUT2D eigenvalue weighted by atomic mass is 10.2. The summed E-state index contributed by atoms with van der Waals surface area (Å²) in [7, 11) is 0. The van der Waals surface area contributed by atoms with Crippen LogP contribution < -0.4 is 21.7 Å². The van der Waals surface area contributed by atoms with Crippen molar-refractivity contribution in [1.82, 2.24) is 5.10 Å². The highest BCUT2D eigenvalue weighted by molar-refractivity contribution is 5.79. The molecule has 0 saturated carbocycles. The molecule has 0 atom stereocenters. The van der Waals surface area contributed by atoms with Gasteiger partial charge in [0.25, 0.3) is 0 Å². The largest absolute Gasteiger partial charge is 1.00 e. The molecule has 2 rings (SSSR count).